The first-order valence-electron chi connectivity index (χ1n) is 17.3. The van der Waals surface area contributed by atoms with E-state index in [2.05, 4.69) is 20.9 Å². The summed E-state index contributed by atoms with van der Waals surface area (Å²) >= 11 is 0. The van der Waals surface area contributed by atoms with Crippen LogP contribution in [-0.4, -0.2) is 83.9 Å². The number of aryl methyl sites for hydroxylation is 1. The van der Waals surface area contributed by atoms with Gasteiger partial charge in [-0.05, 0) is 94.2 Å². The Kier molecular flexibility index (Phi) is 10.2. The standard InChI is InChI=1S/C35H47FN6O6Si/c1-5-47-26-9-11-30-23(18-26)19-29(37-14-6-7-16-43)33(45)42(30)25-8-10-28-27(20-25)35(34(46)38-28)22(2)32(49(3,4)36)31(48-35)12-15-41-21-24(13-17-44)39-40-41/h8-11,18,20-22,29,31-32,37,43-44H,5-7,12-17,19H2,1-4H3,(H,38,46)/t22-,29?,31+,32-,35+/m1/s1. The molecule has 3 aliphatic heterocycles. The molecular weight excluding hydrogens is 648 g/mol. The van der Waals surface area contributed by atoms with E-state index in [1.54, 1.807) is 34.9 Å². The van der Waals surface area contributed by atoms with Crippen LogP contribution in [0.3, 0.4) is 0 Å². The molecule has 4 N–H and O–H groups in total. The number of ether oxygens (including phenoxy) is 2. The minimum Gasteiger partial charge on any atom is -0.494 e. The number of aromatic nitrogens is 3. The summed E-state index contributed by atoms with van der Waals surface area (Å²) in [5.41, 5.74) is 2.17. The topological polar surface area (TPSA) is 151 Å². The predicted octanol–water partition coefficient (Wildman–Crippen LogP) is 3.98. The van der Waals surface area contributed by atoms with Crippen molar-refractivity contribution in [1.29, 1.82) is 0 Å². The molecule has 0 aliphatic carbocycles. The van der Waals surface area contributed by atoms with E-state index in [1.165, 1.54) is 0 Å². The van der Waals surface area contributed by atoms with Crippen molar-refractivity contribution < 1.29 is 33.4 Å². The summed E-state index contributed by atoms with van der Waals surface area (Å²) in [5, 5.41) is 33.1. The van der Waals surface area contributed by atoms with Crippen LogP contribution in [0.15, 0.2) is 42.6 Å². The van der Waals surface area contributed by atoms with Gasteiger partial charge in [0.25, 0.3) is 5.91 Å². The van der Waals surface area contributed by atoms with E-state index in [1.807, 2.05) is 44.2 Å². The number of carbonyl (C=O) groups is 2. The van der Waals surface area contributed by atoms with Crippen LogP contribution < -0.4 is 20.3 Å². The molecule has 1 aromatic heterocycles. The van der Waals surface area contributed by atoms with Crippen molar-refractivity contribution >= 4 is 37.3 Å². The SMILES string of the molecule is CCOc1ccc2c(c1)CC(NCCCCO)C(=O)N2c1ccc2c(c1)[C@]1(O[C@@H](CCn3cc(CCO)nn3)[C@H]([Si](C)(C)F)[C@H]1C)C(=O)N2. The maximum absolute atomic E-state index is 16.2. The number of anilines is 3. The minimum atomic E-state index is -3.37. The molecule has 1 unspecified atom stereocenters. The second-order valence-electron chi connectivity index (χ2n) is 13.7. The Morgan fingerprint density at radius 3 is 2.71 bits per heavy atom. The van der Waals surface area contributed by atoms with Crippen molar-refractivity contribution in [3.8, 4) is 5.75 Å². The number of rotatable bonds is 14. The van der Waals surface area contributed by atoms with Crippen LogP contribution in [-0.2, 0) is 39.3 Å². The summed E-state index contributed by atoms with van der Waals surface area (Å²) < 4.78 is 30.4. The Morgan fingerprint density at radius 1 is 1.16 bits per heavy atom. The Morgan fingerprint density at radius 2 is 1.98 bits per heavy atom. The minimum absolute atomic E-state index is 0.0323. The van der Waals surface area contributed by atoms with Crippen LogP contribution in [0.2, 0.25) is 18.6 Å². The number of hydrogen-bond donors (Lipinski definition) is 4. The zero-order chi connectivity index (χ0) is 34.9. The first-order chi connectivity index (χ1) is 23.5. The number of aliphatic hydroxyl groups is 2. The molecule has 1 spiro atoms. The largest absolute Gasteiger partial charge is 0.494 e. The van der Waals surface area contributed by atoms with Crippen molar-refractivity contribution in [2.45, 2.75) is 88.9 Å². The number of amides is 2. The molecule has 0 radical (unpaired) electrons. The van der Waals surface area contributed by atoms with E-state index >= 15 is 4.11 Å². The number of benzene rings is 2. The number of unbranched alkanes of at least 4 members (excludes halogenated alkanes) is 1. The van der Waals surface area contributed by atoms with E-state index in [-0.39, 0.29) is 25.0 Å². The lowest BCUT2D eigenvalue weighted by molar-refractivity contribution is -0.143. The number of nitrogens with one attached hydrogen (secondary N) is 2. The molecule has 1 saturated heterocycles. The fraction of sp³-hybridized carbons (Fsp3) is 0.543. The monoisotopic (exact) mass is 694 g/mol. The van der Waals surface area contributed by atoms with Crippen molar-refractivity contribution in [2.75, 3.05) is 36.6 Å². The lowest BCUT2D eigenvalue weighted by Crippen LogP contribution is -2.49. The van der Waals surface area contributed by atoms with Gasteiger partial charge in [0.2, 0.25) is 14.3 Å². The fourth-order valence-electron chi connectivity index (χ4n) is 7.92. The van der Waals surface area contributed by atoms with E-state index in [0.29, 0.717) is 68.0 Å². The molecule has 3 aromatic rings. The summed E-state index contributed by atoms with van der Waals surface area (Å²) in [4.78, 5) is 29.9. The van der Waals surface area contributed by atoms with Crippen LogP contribution in [0.25, 0.3) is 0 Å². The number of carbonyl (C=O) groups excluding carboxylic acids is 2. The highest BCUT2D eigenvalue weighted by atomic mass is 28.4. The highest BCUT2D eigenvalue weighted by Gasteiger charge is 2.65. The summed E-state index contributed by atoms with van der Waals surface area (Å²) in [6.45, 7) is 8.71. The molecule has 2 amide bonds. The van der Waals surface area contributed by atoms with Crippen molar-refractivity contribution in [3.63, 3.8) is 0 Å². The van der Waals surface area contributed by atoms with Gasteiger partial charge in [0.15, 0.2) is 5.60 Å². The van der Waals surface area contributed by atoms with Crippen LogP contribution >= 0.6 is 0 Å². The zero-order valence-electron chi connectivity index (χ0n) is 28.6. The van der Waals surface area contributed by atoms with Crippen LogP contribution in [0.1, 0.15) is 49.9 Å². The highest BCUT2D eigenvalue weighted by Crippen LogP contribution is 2.59. The number of aliphatic hydroxyl groups excluding tert-OH is 2. The van der Waals surface area contributed by atoms with Gasteiger partial charge in [-0.3, -0.25) is 19.2 Å². The number of nitrogens with zero attached hydrogens (tertiary/aromatic N) is 4. The highest BCUT2D eigenvalue weighted by molar-refractivity contribution is 6.72. The Labute approximate surface area is 287 Å². The molecule has 1 fully saturated rings. The molecule has 3 aliphatic rings. The first-order valence-corrected chi connectivity index (χ1v) is 20.2. The molecule has 5 atom stereocenters. The second-order valence-corrected chi connectivity index (χ2v) is 17.5. The van der Waals surface area contributed by atoms with Gasteiger partial charge >= 0.3 is 0 Å². The lowest BCUT2D eigenvalue weighted by atomic mass is 9.82. The summed E-state index contributed by atoms with van der Waals surface area (Å²) in [6, 6.07) is 10.7. The third kappa shape index (κ3) is 6.64. The van der Waals surface area contributed by atoms with E-state index < -0.39 is 37.6 Å². The zero-order valence-corrected chi connectivity index (χ0v) is 29.6. The molecule has 14 heteroatoms. The first kappa shape index (κ1) is 35.1. The van der Waals surface area contributed by atoms with Crippen molar-refractivity contribution in [3.05, 3.63) is 59.4 Å². The van der Waals surface area contributed by atoms with Crippen LogP contribution in [0.4, 0.5) is 21.2 Å². The Balaban J connectivity index is 1.36. The fourth-order valence-corrected chi connectivity index (χ4v) is 10.5. The number of halogens is 1. The summed E-state index contributed by atoms with van der Waals surface area (Å²) in [5.74, 6) is -0.232. The van der Waals surface area contributed by atoms with Gasteiger partial charge in [0, 0.05) is 60.8 Å². The molecule has 0 saturated carbocycles. The van der Waals surface area contributed by atoms with Gasteiger partial charge < -0.3 is 34.4 Å². The van der Waals surface area contributed by atoms with Gasteiger partial charge in [-0.1, -0.05) is 12.1 Å². The molecule has 4 heterocycles. The molecule has 2 aromatic carbocycles. The lowest BCUT2D eigenvalue weighted by Gasteiger charge is -2.36. The van der Waals surface area contributed by atoms with Gasteiger partial charge in [-0.25, -0.2) is 0 Å². The van der Waals surface area contributed by atoms with Crippen molar-refractivity contribution in [1.82, 2.24) is 20.3 Å². The van der Waals surface area contributed by atoms with Gasteiger partial charge in [0.05, 0.1) is 30.1 Å². The normalized spacial score (nSPS) is 24.8. The summed E-state index contributed by atoms with van der Waals surface area (Å²) in [7, 11) is -3.37. The third-order valence-corrected chi connectivity index (χ3v) is 12.5. The van der Waals surface area contributed by atoms with Gasteiger partial charge in [-0.15, -0.1) is 5.10 Å². The molecule has 12 nitrogen and oxygen atoms in total. The Hall–Kier alpha value is -3.69. The average molecular weight is 695 g/mol. The van der Waals surface area contributed by atoms with Gasteiger partial charge in [-0.2, -0.15) is 0 Å². The maximum Gasteiger partial charge on any atom is 0.261 e. The quantitative estimate of drug-likeness (QED) is 0.112. The molecule has 49 heavy (non-hydrogen) atoms. The van der Waals surface area contributed by atoms with Crippen molar-refractivity contribution in [2.24, 2.45) is 5.92 Å². The van der Waals surface area contributed by atoms with Gasteiger partial charge in [0.1, 0.15) is 5.75 Å². The number of fused-ring (bicyclic) bond motifs is 3. The smallest absolute Gasteiger partial charge is 0.261 e. The van der Waals surface area contributed by atoms with E-state index in [4.69, 9.17) is 9.47 Å². The summed E-state index contributed by atoms with van der Waals surface area (Å²) in [6.07, 6.45) is 3.87. The van der Waals surface area contributed by atoms with E-state index in [0.717, 1.165) is 23.4 Å². The number of hydrogen-bond acceptors (Lipinski definition) is 9. The maximum atomic E-state index is 16.2. The second kappa shape index (κ2) is 14.3. The Bertz CT molecular complexity index is 1680. The average Bonchev–Trinajstić information content (AvgIpc) is 3.72. The molecule has 0 bridgehead atoms. The predicted molar refractivity (Wildman–Crippen MR) is 185 cm³/mol. The third-order valence-electron chi connectivity index (χ3n) is 10.1. The van der Waals surface area contributed by atoms with E-state index in [9.17, 15) is 19.8 Å². The molecule has 6 rings (SSSR count). The molecular formula is C35H47FN6O6Si. The van der Waals surface area contributed by atoms with Crippen LogP contribution in [0.5, 0.6) is 5.75 Å². The van der Waals surface area contributed by atoms with Crippen LogP contribution in [0, 0.1) is 5.92 Å². The molecule has 264 valence electrons.